The molecule has 3 N–H and O–H groups in total. The maximum absolute atomic E-state index is 12.6. The van der Waals surface area contributed by atoms with Crippen LogP contribution >= 0.6 is 0 Å². The zero-order valence-corrected chi connectivity index (χ0v) is 14.1. The Labute approximate surface area is 129 Å². The lowest BCUT2D eigenvalue weighted by Crippen LogP contribution is -2.48. The van der Waals surface area contributed by atoms with Crippen LogP contribution in [0.1, 0.15) is 72.6 Å². The molecule has 0 aromatic heterocycles. The largest absolute Gasteiger partial charge is 0.369 e. The van der Waals surface area contributed by atoms with E-state index in [4.69, 9.17) is 5.73 Å². The van der Waals surface area contributed by atoms with Crippen molar-refractivity contribution in [1.29, 1.82) is 0 Å². The quantitative estimate of drug-likeness (QED) is 0.758. The molecule has 4 heteroatoms. The van der Waals surface area contributed by atoms with Crippen molar-refractivity contribution in [2.24, 2.45) is 23.5 Å². The Morgan fingerprint density at radius 3 is 2.19 bits per heavy atom. The van der Waals surface area contributed by atoms with Crippen molar-refractivity contribution in [3.05, 3.63) is 0 Å². The van der Waals surface area contributed by atoms with Gasteiger partial charge in [0.25, 0.3) is 0 Å². The Kier molecular flexibility index (Phi) is 6.69. The smallest absolute Gasteiger partial charge is 0.224 e. The highest BCUT2D eigenvalue weighted by atomic mass is 16.2. The van der Waals surface area contributed by atoms with E-state index in [0.717, 1.165) is 12.8 Å². The van der Waals surface area contributed by atoms with Gasteiger partial charge in [-0.2, -0.15) is 0 Å². The first-order valence-corrected chi connectivity index (χ1v) is 8.36. The molecule has 1 aliphatic rings. The van der Waals surface area contributed by atoms with Crippen LogP contribution in [0.5, 0.6) is 0 Å². The molecular weight excluding hydrogens is 264 g/mol. The topological polar surface area (TPSA) is 72.2 Å². The lowest BCUT2D eigenvalue weighted by molar-refractivity contribution is -0.135. The highest BCUT2D eigenvalue weighted by Gasteiger charge is 2.35. The summed E-state index contributed by atoms with van der Waals surface area (Å²) in [5.41, 5.74) is 5.30. The van der Waals surface area contributed by atoms with E-state index in [-0.39, 0.29) is 29.2 Å². The average Bonchev–Trinajstić information content (AvgIpc) is 2.83. The maximum Gasteiger partial charge on any atom is 0.224 e. The Morgan fingerprint density at radius 2 is 1.76 bits per heavy atom. The Bertz CT molecular complexity index is 354. The normalized spacial score (nSPS) is 19.2. The molecule has 0 spiro atoms. The molecule has 1 aliphatic carbocycles. The summed E-state index contributed by atoms with van der Waals surface area (Å²) in [6.07, 6.45) is 7.21. The third kappa shape index (κ3) is 6.06. The molecule has 0 radical (unpaired) electrons. The van der Waals surface area contributed by atoms with Gasteiger partial charge in [0.1, 0.15) is 0 Å². The minimum absolute atomic E-state index is 0.00773. The van der Waals surface area contributed by atoms with E-state index in [1.54, 1.807) is 0 Å². The summed E-state index contributed by atoms with van der Waals surface area (Å²) >= 11 is 0. The molecular formula is C17H32N2O2. The van der Waals surface area contributed by atoms with E-state index in [0.29, 0.717) is 12.3 Å². The van der Waals surface area contributed by atoms with Crippen molar-refractivity contribution in [3.63, 3.8) is 0 Å². The third-order valence-electron chi connectivity index (χ3n) is 4.35. The van der Waals surface area contributed by atoms with Crippen molar-refractivity contribution in [3.8, 4) is 0 Å². The van der Waals surface area contributed by atoms with Gasteiger partial charge in [-0.1, -0.05) is 39.0 Å². The van der Waals surface area contributed by atoms with Gasteiger partial charge in [-0.25, -0.2) is 0 Å². The van der Waals surface area contributed by atoms with Crippen LogP contribution in [0.3, 0.4) is 0 Å². The fraction of sp³-hybridized carbons (Fsp3) is 0.882. The molecule has 0 aromatic carbocycles. The number of hydrogen-bond donors (Lipinski definition) is 2. The number of nitrogens with one attached hydrogen (secondary N) is 1. The summed E-state index contributed by atoms with van der Waals surface area (Å²) in [4.78, 5) is 24.5. The lowest BCUT2D eigenvalue weighted by Gasteiger charge is -2.30. The second-order valence-electron chi connectivity index (χ2n) is 7.53. The zero-order valence-electron chi connectivity index (χ0n) is 14.1. The molecule has 1 saturated carbocycles. The van der Waals surface area contributed by atoms with Crippen LogP contribution in [0.2, 0.25) is 0 Å². The van der Waals surface area contributed by atoms with Gasteiger partial charge in [0.15, 0.2) is 0 Å². The van der Waals surface area contributed by atoms with Crippen molar-refractivity contribution in [2.75, 3.05) is 0 Å². The first kappa shape index (κ1) is 18.0. The van der Waals surface area contributed by atoms with Crippen LogP contribution in [0.4, 0.5) is 0 Å². The first-order valence-electron chi connectivity index (χ1n) is 8.36. The number of rotatable bonds is 7. The molecule has 21 heavy (non-hydrogen) atoms. The SMILES string of the molecule is CCCC(C(N)=O)C(CC1CCCC1)C(=O)NC(C)(C)C. The third-order valence-corrected chi connectivity index (χ3v) is 4.35. The minimum Gasteiger partial charge on any atom is -0.369 e. The molecule has 0 saturated heterocycles. The average molecular weight is 296 g/mol. The number of carbonyl (C=O) groups is 2. The van der Waals surface area contributed by atoms with Gasteiger partial charge in [-0.15, -0.1) is 0 Å². The second-order valence-corrected chi connectivity index (χ2v) is 7.53. The second kappa shape index (κ2) is 7.81. The summed E-state index contributed by atoms with van der Waals surface area (Å²) < 4.78 is 0. The molecule has 1 fully saturated rings. The lowest BCUT2D eigenvalue weighted by atomic mass is 9.80. The number of carbonyl (C=O) groups excluding carboxylic acids is 2. The van der Waals surface area contributed by atoms with Gasteiger partial charge in [0, 0.05) is 17.4 Å². The zero-order chi connectivity index (χ0) is 16.0. The van der Waals surface area contributed by atoms with Gasteiger partial charge in [0.05, 0.1) is 0 Å². The molecule has 1 rings (SSSR count). The number of nitrogens with two attached hydrogens (primary N) is 1. The van der Waals surface area contributed by atoms with Crippen LogP contribution in [0.15, 0.2) is 0 Å². The van der Waals surface area contributed by atoms with E-state index in [1.165, 1.54) is 25.7 Å². The summed E-state index contributed by atoms with van der Waals surface area (Å²) in [7, 11) is 0. The number of hydrogen-bond acceptors (Lipinski definition) is 2. The van der Waals surface area contributed by atoms with E-state index >= 15 is 0 Å². The molecule has 2 atom stereocenters. The summed E-state index contributed by atoms with van der Waals surface area (Å²) in [6, 6.07) is 0. The first-order chi connectivity index (χ1) is 9.74. The van der Waals surface area contributed by atoms with Crippen LogP contribution in [-0.2, 0) is 9.59 Å². The summed E-state index contributed by atoms with van der Waals surface area (Å²) in [5, 5.41) is 3.04. The van der Waals surface area contributed by atoms with E-state index in [1.807, 2.05) is 27.7 Å². The van der Waals surface area contributed by atoms with Crippen LogP contribution < -0.4 is 11.1 Å². The Hall–Kier alpha value is -1.06. The van der Waals surface area contributed by atoms with Crippen LogP contribution in [0, 0.1) is 17.8 Å². The van der Waals surface area contributed by atoms with Gasteiger partial charge in [-0.05, 0) is 39.5 Å². The van der Waals surface area contributed by atoms with Crippen molar-refractivity contribution in [1.82, 2.24) is 5.32 Å². The van der Waals surface area contributed by atoms with Crippen LogP contribution in [0.25, 0.3) is 0 Å². The molecule has 122 valence electrons. The van der Waals surface area contributed by atoms with Crippen LogP contribution in [-0.4, -0.2) is 17.4 Å². The predicted molar refractivity (Wildman–Crippen MR) is 85.6 cm³/mol. The predicted octanol–water partition coefficient (Wildman–Crippen LogP) is 3.00. The molecule has 2 amide bonds. The van der Waals surface area contributed by atoms with Crippen molar-refractivity contribution >= 4 is 11.8 Å². The minimum atomic E-state index is -0.335. The fourth-order valence-electron chi connectivity index (χ4n) is 3.37. The Balaban J connectivity index is 2.85. The van der Waals surface area contributed by atoms with Gasteiger partial charge < -0.3 is 11.1 Å². The number of primary amides is 1. The highest BCUT2D eigenvalue weighted by Crippen LogP contribution is 2.34. The number of amides is 2. The molecule has 0 aromatic rings. The van der Waals surface area contributed by atoms with E-state index < -0.39 is 0 Å². The summed E-state index contributed by atoms with van der Waals surface area (Å²) in [6.45, 7) is 7.94. The van der Waals surface area contributed by atoms with Gasteiger partial charge in [0.2, 0.25) is 11.8 Å². The van der Waals surface area contributed by atoms with Gasteiger partial charge >= 0.3 is 0 Å². The van der Waals surface area contributed by atoms with Crippen molar-refractivity contribution in [2.45, 2.75) is 78.2 Å². The van der Waals surface area contributed by atoms with E-state index in [2.05, 4.69) is 5.32 Å². The molecule has 0 bridgehead atoms. The maximum atomic E-state index is 12.6. The van der Waals surface area contributed by atoms with Gasteiger partial charge in [-0.3, -0.25) is 9.59 Å². The summed E-state index contributed by atoms with van der Waals surface area (Å²) in [5.74, 6) is -0.377. The molecule has 2 unspecified atom stereocenters. The molecule has 0 aliphatic heterocycles. The van der Waals surface area contributed by atoms with Crippen molar-refractivity contribution < 1.29 is 9.59 Å². The molecule has 0 heterocycles. The highest BCUT2D eigenvalue weighted by molar-refractivity contribution is 5.87. The Morgan fingerprint density at radius 1 is 1.19 bits per heavy atom. The monoisotopic (exact) mass is 296 g/mol. The molecule has 4 nitrogen and oxygen atoms in total. The fourth-order valence-corrected chi connectivity index (χ4v) is 3.37. The standard InChI is InChI=1S/C17H32N2O2/c1-5-8-13(15(18)20)14(11-12-9-6-7-10-12)16(21)19-17(2,3)4/h12-14H,5-11H2,1-4H3,(H2,18,20)(H,19,21). The van der Waals surface area contributed by atoms with E-state index in [9.17, 15) is 9.59 Å².